The van der Waals surface area contributed by atoms with Gasteiger partial charge in [-0.05, 0) is 209 Å². The zero-order chi connectivity index (χ0) is 83.6. The highest BCUT2D eigenvalue weighted by atomic mass is 15.0. The van der Waals surface area contributed by atoms with Gasteiger partial charge >= 0.3 is 0 Å². The summed E-state index contributed by atoms with van der Waals surface area (Å²) in [5, 5.41) is 13.0. The van der Waals surface area contributed by atoms with E-state index in [0.29, 0.717) is 0 Å². The van der Waals surface area contributed by atoms with Crippen molar-refractivity contribution >= 4 is 109 Å². The molecule has 0 radical (unpaired) electrons. The Balaban J connectivity index is 0.0000000984. The summed E-state index contributed by atoms with van der Waals surface area (Å²) in [5.41, 5.74) is 35.1. The minimum absolute atomic E-state index is 1.19. The lowest BCUT2D eigenvalue weighted by Crippen LogP contribution is -1.93. The third kappa shape index (κ3) is 14.9. The normalized spacial score (nSPS) is 11.3. The van der Waals surface area contributed by atoms with Crippen molar-refractivity contribution in [1.29, 1.82) is 0 Å². The van der Waals surface area contributed by atoms with Crippen LogP contribution in [-0.2, 0) is 14.1 Å². The average molecular weight is 1590 g/mol. The molecule has 0 saturated carbocycles. The van der Waals surface area contributed by atoms with E-state index in [1.807, 2.05) is 0 Å². The van der Waals surface area contributed by atoms with Crippen molar-refractivity contribution in [1.82, 2.24) is 22.8 Å². The Morgan fingerprint density at radius 1 is 0.145 bits per heavy atom. The zero-order valence-electron chi connectivity index (χ0n) is 70.1. The Labute approximate surface area is 723 Å². The van der Waals surface area contributed by atoms with E-state index >= 15 is 0 Å². The summed E-state index contributed by atoms with van der Waals surface area (Å²) in [4.78, 5) is 0. The first kappa shape index (κ1) is 76.8. The molecule has 0 N–H and O–H groups in total. The maximum atomic E-state index is 2.36. The summed E-state index contributed by atoms with van der Waals surface area (Å²) in [7, 11) is 4.28. The van der Waals surface area contributed by atoms with E-state index in [4.69, 9.17) is 0 Å². The number of nitrogens with zero attached hydrogens (tertiary/aromatic N) is 5. The van der Waals surface area contributed by atoms with Gasteiger partial charge in [-0.2, -0.15) is 0 Å². The van der Waals surface area contributed by atoms with Crippen LogP contribution in [0, 0.1) is 20.8 Å². The van der Waals surface area contributed by atoms with Gasteiger partial charge in [0.25, 0.3) is 0 Å². The van der Waals surface area contributed by atoms with Crippen LogP contribution in [0.1, 0.15) is 16.7 Å². The van der Waals surface area contributed by atoms with E-state index in [-0.39, 0.29) is 0 Å². The molecular formula is C119H91N5. The minimum Gasteiger partial charge on any atom is -0.344 e. The highest BCUT2D eigenvalue weighted by Crippen LogP contribution is 2.42. The van der Waals surface area contributed by atoms with Crippen LogP contribution in [-0.4, -0.2) is 22.8 Å². The van der Waals surface area contributed by atoms with Crippen LogP contribution in [0.3, 0.4) is 0 Å². The van der Waals surface area contributed by atoms with Gasteiger partial charge in [-0.15, -0.1) is 0 Å². The van der Waals surface area contributed by atoms with Gasteiger partial charge in [0.2, 0.25) is 0 Å². The first-order valence-electron chi connectivity index (χ1n) is 42.7. The monoisotopic (exact) mass is 1590 g/mol. The molecule has 124 heavy (non-hydrogen) atoms. The number of aryl methyl sites for hydroxylation is 5. The second kappa shape index (κ2) is 33.8. The number of para-hydroxylation sites is 7. The number of aromatic nitrogens is 5. The van der Waals surface area contributed by atoms with E-state index in [0.717, 1.165) is 0 Å². The van der Waals surface area contributed by atoms with Crippen LogP contribution in [0.25, 0.3) is 193 Å². The third-order valence-electron chi connectivity index (χ3n) is 24.5. The second-order valence-corrected chi connectivity index (χ2v) is 32.3. The highest BCUT2D eigenvalue weighted by Gasteiger charge is 2.20. The van der Waals surface area contributed by atoms with Gasteiger partial charge in [-0.3, -0.25) is 0 Å². The maximum Gasteiger partial charge on any atom is 0.0547 e. The molecule has 0 aliphatic heterocycles. The molecule has 0 unspecified atom stereocenters. The van der Waals surface area contributed by atoms with Gasteiger partial charge in [0.15, 0.2) is 0 Å². The summed E-state index contributed by atoms with van der Waals surface area (Å²) in [6.45, 7) is 6.38. The molecule has 0 aliphatic rings. The quantitative estimate of drug-likeness (QED) is 0.138. The van der Waals surface area contributed by atoms with Gasteiger partial charge in [0, 0.05) is 107 Å². The third-order valence-corrected chi connectivity index (χ3v) is 24.5. The van der Waals surface area contributed by atoms with Crippen LogP contribution in [0.5, 0.6) is 0 Å². The van der Waals surface area contributed by atoms with Crippen molar-refractivity contribution in [3.8, 4) is 83.8 Å². The summed E-state index contributed by atoms with van der Waals surface area (Å²) < 4.78 is 11.6. The van der Waals surface area contributed by atoms with Crippen LogP contribution in [0.15, 0.2) is 461 Å². The molecule has 0 fully saturated rings. The predicted octanol–water partition coefficient (Wildman–Crippen LogP) is 31.9. The smallest absolute Gasteiger partial charge is 0.0547 e. The zero-order valence-corrected chi connectivity index (χ0v) is 70.1. The number of hydrogen-bond donors (Lipinski definition) is 0. The molecule has 0 bridgehead atoms. The van der Waals surface area contributed by atoms with Crippen molar-refractivity contribution in [2.24, 2.45) is 14.1 Å². The second-order valence-electron chi connectivity index (χ2n) is 32.3. The summed E-state index contributed by atoms with van der Waals surface area (Å²) >= 11 is 0. The summed E-state index contributed by atoms with van der Waals surface area (Å²) in [5.74, 6) is 0. The summed E-state index contributed by atoms with van der Waals surface area (Å²) in [6.07, 6.45) is 0. The van der Waals surface area contributed by atoms with Crippen molar-refractivity contribution in [3.05, 3.63) is 478 Å². The minimum atomic E-state index is 1.19. The molecule has 592 valence electrons. The molecule has 5 heterocycles. The molecule has 0 spiro atoms. The Morgan fingerprint density at radius 3 is 0.806 bits per heavy atom. The highest BCUT2D eigenvalue weighted by molar-refractivity contribution is 6.17. The van der Waals surface area contributed by atoms with Crippen molar-refractivity contribution < 1.29 is 0 Å². The first-order valence-corrected chi connectivity index (χ1v) is 42.7. The van der Waals surface area contributed by atoms with Gasteiger partial charge in [0.1, 0.15) is 0 Å². The van der Waals surface area contributed by atoms with Crippen LogP contribution < -0.4 is 0 Å². The van der Waals surface area contributed by atoms with Gasteiger partial charge in [-0.1, -0.05) is 356 Å². The molecule has 5 nitrogen and oxygen atoms in total. The fourth-order valence-electron chi connectivity index (χ4n) is 18.2. The standard InChI is InChI=1S/4C25H19N.C19H15N/c1-26-24-14-12-20(18-8-4-2-5-9-18)16-22(24)23-17-21(13-15-25(23)26)19-10-6-3-7-11-19;1-18-14-16-19(17-15-18)21-11-7-13-24-25(21)22-10-5-6-12-23(22)26(24)20-8-3-2-4-9-20;1-18-11-13-19(14-12-18)20-15-16-25-23(17-20)22-9-5-6-10-24(22)26(25)21-7-3-2-4-8-21;1-18-11-13-19(14-12-18)20-15-16-23-22-9-5-6-10-24(22)26(25(23)17-20)21-7-3-2-4-8-21;1-20-18-10-6-5-9-16(18)17-13-15(11-12-19(17)20)14-7-3-2-4-8-14/h4*2-17H,1H3;2-13H,1H3. The van der Waals surface area contributed by atoms with E-state index < -0.39 is 0 Å². The lowest BCUT2D eigenvalue weighted by Gasteiger charge is -2.09. The van der Waals surface area contributed by atoms with Gasteiger partial charge < -0.3 is 22.8 Å². The predicted molar refractivity (Wildman–Crippen MR) is 530 cm³/mol. The van der Waals surface area contributed by atoms with E-state index in [9.17, 15) is 0 Å². The molecule has 5 heteroatoms. The first-order chi connectivity index (χ1) is 61.1. The number of fused-ring (bicyclic) bond motifs is 15. The molecule has 0 aliphatic carbocycles. The number of benzene rings is 19. The average Bonchev–Trinajstić information content (AvgIpc) is 1.19. The SMILES string of the molecule is Cc1ccc(-c2ccc3c(c2)c2ccccc2n3-c2ccccc2)cc1.Cc1ccc(-c2ccc3c4ccccc4n(-c4ccccc4)c3c2)cc1.Cc1ccc(-c2cccc3c2c2ccccc2n3-c2ccccc2)cc1.Cn1c2ccc(-c3ccccc3)cc2c2cc(-c3ccccc3)ccc21.Cn1c2ccccc2c2cc(-c3ccccc3)ccc21. The lowest BCUT2D eigenvalue weighted by molar-refractivity contribution is 1.01. The molecule has 19 aromatic carbocycles. The van der Waals surface area contributed by atoms with Crippen LogP contribution in [0.2, 0.25) is 0 Å². The Morgan fingerprint density at radius 2 is 0.387 bits per heavy atom. The van der Waals surface area contributed by atoms with Crippen molar-refractivity contribution in [2.45, 2.75) is 20.8 Å². The fraction of sp³-hybridized carbons (Fsp3) is 0.0420. The molecule has 0 amide bonds. The van der Waals surface area contributed by atoms with Crippen LogP contribution >= 0.6 is 0 Å². The number of hydrogen-bond acceptors (Lipinski definition) is 0. The maximum absolute atomic E-state index is 2.36. The van der Waals surface area contributed by atoms with Gasteiger partial charge in [-0.25, -0.2) is 0 Å². The molecule has 0 saturated heterocycles. The largest absolute Gasteiger partial charge is 0.344 e. The molecule has 5 aromatic heterocycles. The Hall–Kier alpha value is -15.8. The topological polar surface area (TPSA) is 24.6 Å². The fourth-order valence-corrected chi connectivity index (χ4v) is 18.2. The number of rotatable bonds is 9. The van der Waals surface area contributed by atoms with E-state index in [1.165, 1.54) is 210 Å². The van der Waals surface area contributed by atoms with Crippen molar-refractivity contribution in [3.63, 3.8) is 0 Å². The van der Waals surface area contributed by atoms with E-state index in [2.05, 4.69) is 519 Å². The molecule has 24 aromatic rings. The Kier molecular flexibility index (Phi) is 20.9. The lowest BCUT2D eigenvalue weighted by atomic mass is 9.99. The molecular weight excluding hydrogens is 1500 g/mol. The Bertz CT molecular complexity index is 7810. The summed E-state index contributed by atoms with van der Waals surface area (Å²) in [6, 6.07) is 165. The molecule has 0 atom stereocenters. The van der Waals surface area contributed by atoms with E-state index in [1.54, 1.807) is 0 Å². The van der Waals surface area contributed by atoms with Crippen LogP contribution in [0.4, 0.5) is 0 Å². The van der Waals surface area contributed by atoms with Crippen molar-refractivity contribution in [2.75, 3.05) is 0 Å². The molecule has 24 rings (SSSR count). The van der Waals surface area contributed by atoms with Gasteiger partial charge in [0.05, 0.1) is 33.1 Å².